The van der Waals surface area contributed by atoms with Crippen LogP contribution in [0.15, 0.2) is 24.3 Å². The fourth-order valence-corrected chi connectivity index (χ4v) is 3.81. The summed E-state index contributed by atoms with van der Waals surface area (Å²) in [5, 5.41) is 0.867. The van der Waals surface area contributed by atoms with Crippen LogP contribution in [0.25, 0.3) is 0 Å². The maximum absolute atomic E-state index is 6.29. The Balaban J connectivity index is 0.00000121. The number of piperidine rings is 2. The van der Waals surface area contributed by atoms with Gasteiger partial charge in [0.05, 0.1) is 10.7 Å². The molecule has 3 rings (SSSR count). The van der Waals surface area contributed by atoms with E-state index in [0.717, 1.165) is 24.7 Å². The highest BCUT2D eigenvalue weighted by Crippen LogP contribution is 2.29. The van der Waals surface area contributed by atoms with Gasteiger partial charge in [-0.1, -0.05) is 23.7 Å². The molecule has 2 aliphatic heterocycles. The maximum atomic E-state index is 6.29. The highest BCUT2D eigenvalue weighted by molar-refractivity contribution is 6.33. The minimum atomic E-state index is 0. The molecule has 2 fully saturated rings. The Bertz CT molecular complexity index is 450. The second-order valence-corrected chi connectivity index (χ2v) is 6.47. The van der Waals surface area contributed by atoms with Crippen LogP contribution in [0.2, 0.25) is 5.02 Å². The lowest BCUT2D eigenvalue weighted by atomic mass is 9.98. The van der Waals surface area contributed by atoms with E-state index in [9.17, 15) is 0 Å². The third-order valence-corrected chi connectivity index (χ3v) is 4.98. The number of halogens is 3. The molecule has 22 heavy (non-hydrogen) atoms. The van der Waals surface area contributed by atoms with Crippen molar-refractivity contribution in [2.45, 2.75) is 37.8 Å². The summed E-state index contributed by atoms with van der Waals surface area (Å²) in [6.45, 7) is 4.50. The van der Waals surface area contributed by atoms with E-state index in [0.29, 0.717) is 12.1 Å². The van der Waals surface area contributed by atoms with E-state index in [-0.39, 0.29) is 24.8 Å². The van der Waals surface area contributed by atoms with Crippen LogP contribution >= 0.6 is 36.4 Å². The van der Waals surface area contributed by atoms with Gasteiger partial charge in [0.25, 0.3) is 0 Å². The first-order valence-electron chi connectivity index (χ1n) is 7.73. The molecule has 0 radical (unpaired) electrons. The van der Waals surface area contributed by atoms with Gasteiger partial charge in [0.1, 0.15) is 0 Å². The molecule has 2 saturated heterocycles. The highest BCUT2D eigenvalue weighted by Gasteiger charge is 2.28. The SMILES string of the molecule is Cl.Cl.NC1CCCN(C2CCN(c3ccccc3Cl)CC2)C1. The molecule has 2 N–H and O–H groups in total. The lowest BCUT2D eigenvalue weighted by molar-refractivity contribution is 0.129. The van der Waals surface area contributed by atoms with E-state index in [4.69, 9.17) is 17.3 Å². The monoisotopic (exact) mass is 365 g/mol. The molecule has 0 aliphatic carbocycles. The van der Waals surface area contributed by atoms with Crippen molar-refractivity contribution in [2.24, 2.45) is 5.73 Å². The zero-order valence-electron chi connectivity index (χ0n) is 12.8. The number of hydrogen-bond donors (Lipinski definition) is 1. The summed E-state index contributed by atoms with van der Waals surface area (Å²) >= 11 is 6.29. The van der Waals surface area contributed by atoms with E-state index in [1.807, 2.05) is 12.1 Å². The van der Waals surface area contributed by atoms with Crippen LogP contribution in [0.4, 0.5) is 5.69 Å². The maximum Gasteiger partial charge on any atom is 0.0639 e. The number of hydrogen-bond acceptors (Lipinski definition) is 3. The molecule has 6 heteroatoms. The first-order valence-corrected chi connectivity index (χ1v) is 8.11. The second kappa shape index (κ2) is 9.19. The van der Waals surface area contributed by atoms with Crippen molar-refractivity contribution in [3.05, 3.63) is 29.3 Å². The lowest BCUT2D eigenvalue weighted by Gasteiger charge is -2.42. The molecule has 0 saturated carbocycles. The van der Waals surface area contributed by atoms with Crippen LogP contribution < -0.4 is 10.6 Å². The summed E-state index contributed by atoms with van der Waals surface area (Å²) in [5.41, 5.74) is 7.28. The Labute approximate surface area is 151 Å². The summed E-state index contributed by atoms with van der Waals surface area (Å²) in [6, 6.07) is 9.25. The highest BCUT2D eigenvalue weighted by atomic mass is 35.5. The molecule has 2 aliphatic rings. The van der Waals surface area contributed by atoms with E-state index in [2.05, 4.69) is 21.9 Å². The van der Waals surface area contributed by atoms with E-state index >= 15 is 0 Å². The number of para-hydroxylation sites is 1. The van der Waals surface area contributed by atoms with Crippen molar-refractivity contribution >= 4 is 42.1 Å². The van der Waals surface area contributed by atoms with Crippen molar-refractivity contribution in [3.63, 3.8) is 0 Å². The van der Waals surface area contributed by atoms with Crippen LogP contribution in [-0.2, 0) is 0 Å². The standard InChI is InChI=1S/C16H24ClN3.2ClH/c17-15-5-1-2-6-16(15)19-10-7-14(8-11-19)20-9-3-4-13(18)12-20;;/h1-2,5-6,13-14H,3-4,7-12,18H2;2*1H. The molecular formula is C16H26Cl3N3. The van der Waals surface area contributed by atoms with Crippen molar-refractivity contribution in [1.29, 1.82) is 0 Å². The summed E-state index contributed by atoms with van der Waals surface area (Å²) in [5.74, 6) is 0. The van der Waals surface area contributed by atoms with Gasteiger partial charge in [-0.15, -0.1) is 24.8 Å². The molecule has 1 aromatic rings. The smallest absolute Gasteiger partial charge is 0.0639 e. The zero-order chi connectivity index (χ0) is 13.9. The van der Waals surface area contributed by atoms with Gasteiger partial charge in [0, 0.05) is 31.7 Å². The van der Waals surface area contributed by atoms with E-state index in [1.165, 1.54) is 37.9 Å². The van der Waals surface area contributed by atoms with Crippen molar-refractivity contribution in [2.75, 3.05) is 31.1 Å². The van der Waals surface area contributed by atoms with Gasteiger partial charge in [-0.3, -0.25) is 4.90 Å². The van der Waals surface area contributed by atoms with E-state index < -0.39 is 0 Å². The third kappa shape index (κ3) is 4.65. The Morgan fingerprint density at radius 2 is 1.68 bits per heavy atom. The summed E-state index contributed by atoms with van der Waals surface area (Å²) < 4.78 is 0. The zero-order valence-corrected chi connectivity index (χ0v) is 15.2. The Kier molecular flexibility index (Phi) is 8.29. The molecule has 126 valence electrons. The molecule has 0 amide bonds. The molecule has 0 bridgehead atoms. The predicted molar refractivity (Wildman–Crippen MR) is 100.0 cm³/mol. The van der Waals surface area contributed by atoms with Gasteiger partial charge < -0.3 is 10.6 Å². The van der Waals surface area contributed by atoms with Crippen molar-refractivity contribution in [3.8, 4) is 0 Å². The summed E-state index contributed by atoms with van der Waals surface area (Å²) in [4.78, 5) is 5.03. The van der Waals surface area contributed by atoms with Crippen LogP contribution in [0.1, 0.15) is 25.7 Å². The number of nitrogens with zero attached hydrogens (tertiary/aromatic N) is 2. The number of nitrogens with two attached hydrogens (primary N) is 1. The average molecular weight is 367 g/mol. The van der Waals surface area contributed by atoms with Gasteiger partial charge in [-0.25, -0.2) is 0 Å². The average Bonchev–Trinajstić information content (AvgIpc) is 2.48. The van der Waals surface area contributed by atoms with Crippen LogP contribution in [0, 0.1) is 0 Å². The van der Waals surface area contributed by atoms with Gasteiger partial charge >= 0.3 is 0 Å². The molecule has 1 unspecified atom stereocenters. The summed E-state index contributed by atoms with van der Waals surface area (Å²) in [7, 11) is 0. The van der Waals surface area contributed by atoms with E-state index in [1.54, 1.807) is 0 Å². The first kappa shape index (κ1) is 19.9. The fraction of sp³-hybridized carbons (Fsp3) is 0.625. The molecule has 1 aromatic carbocycles. The predicted octanol–water partition coefficient (Wildman–Crippen LogP) is 3.58. The minimum Gasteiger partial charge on any atom is -0.370 e. The topological polar surface area (TPSA) is 32.5 Å². The third-order valence-electron chi connectivity index (χ3n) is 4.66. The van der Waals surface area contributed by atoms with Gasteiger partial charge in [-0.05, 0) is 44.4 Å². The molecule has 1 atom stereocenters. The van der Waals surface area contributed by atoms with Crippen LogP contribution in [-0.4, -0.2) is 43.2 Å². The van der Waals surface area contributed by atoms with Gasteiger partial charge in [-0.2, -0.15) is 0 Å². The molecule has 2 heterocycles. The Hall–Kier alpha value is -0.190. The lowest BCUT2D eigenvalue weighted by Crippen LogP contribution is -2.51. The second-order valence-electron chi connectivity index (χ2n) is 6.07. The number of benzene rings is 1. The number of rotatable bonds is 2. The van der Waals surface area contributed by atoms with Gasteiger partial charge in [0.15, 0.2) is 0 Å². The van der Waals surface area contributed by atoms with Gasteiger partial charge in [0.2, 0.25) is 0 Å². The quantitative estimate of drug-likeness (QED) is 0.868. The normalized spacial score (nSPS) is 23.5. The number of likely N-dealkylation sites (tertiary alicyclic amines) is 1. The molecule has 0 spiro atoms. The minimum absolute atomic E-state index is 0. The Morgan fingerprint density at radius 1 is 1.00 bits per heavy atom. The molecular weight excluding hydrogens is 341 g/mol. The summed E-state index contributed by atoms with van der Waals surface area (Å²) in [6.07, 6.45) is 4.89. The van der Waals surface area contributed by atoms with Crippen LogP contribution in [0.5, 0.6) is 0 Å². The number of anilines is 1. The first-order chi connectivity index (χ1) is 9.74. The molecule has 0 aromatic heterocycles. The largest absolute Gasteiger partial charge is 0.370 e. The van der Waals surface area contributed by atoms with Crippen molar-refractivity contribution in [1.82, 2.24) is 4.90 Å². The molecule has 3 nitrogen and oxygen atoms in total. The van der Waals surface area contributed by atoms with Crippen LogP contribution in [0.3, 0.4) is 0 Å². The Morgan fingerprint density at radius 3 is 2.32 bits per heavy atom. The van der Waals surface area contributed by atoms with Crippen molar-refractivity contribution < 1.29 is 0 Å². The fourth-order valence-electron chi connectivity index (χ4n) is 3.55.